The van der Waals surface area contributed by atoms with Gasteiger partial charge in [-0.25, -0.2) is 0 Å². The van der Waals surface area contributed by atoms with Gasteiger partial charge in [0.15, 0.2) is 0 Å². The zero-order valence-electron chi connectivity index (χ0n) is 11.5. The zero-order chi connectivity index (χ0) is 13.0. The number of aryl methyl sites for hydroxylation is 1. The van der Waals surface area contributed by atoms with Crippen molar-refractivity contribution in [3.63, 3.8) is 0 Å². The number of hydrogen-bond donors (Lipinski definition) is 1. The van der Waals surface area contributed by atoms with Gasteiger partial charge in [-0.1, -0.05) is 19.8 Å². The van der Waals surface area contributed by atoms with Crippen LogP contribution in [0.5, 0.6) is 0 Å². The highest BCUT2D eigenvalue weighted by atomic mass is 32.2. The second kappa shape index (κ2) is 6.57. The number of rotatable bonds is 5. The van der Waals surface area contributed by atoms with Crippen LogP contribution in [-0.2, 0) is 0 Å². The van der Waals surface area contributed by atoms with Crippen LogP contribution in [0.4, 0.5) is 0 Å². The van der Waals surface area contributed by atoms with Gasteiger partial charge in [0.1, 0.15) is 0 Å². The first-order valence-electron chi connectivity index (χ1n) is 6.88. The average Bonchev–Trinajstić information content (AvgIpc) is 2.79. The maximum Gasteiger partial charge on any atom is 0.233 e. The summed E-state index contributed by atoms with van der Waals surface area (Å²) >= 11 is 2.07. The molecular weight excluding hydrogens is 246 g/mol. The van der Waals surface area contributed by atoms with Crippen LogP contribution in [0.1, 0.15) is 57.4 Å². The van der Waals surface area contributed by atoms with Crippen LogP contribution < -0.4 is 5.32 Å². The Bertz CT molecular complexity index is 367. The Morgan fingerprint density at radius 1 is 1.39 bits per heavy atom. The molecule has 0 aromatic carbocycles. The van der Waals surface area contributed by atoms with E-state index in [0.717, 1.165) is 5.25 Å². The number of nitrogens with zero attached hydrogens (tertiary/aromatic N) is 2. The first kappa shape index (κ1) is 13.9. The quantitative estimate of drug-likeness (QED) is 0.890. The molecule has 0 bridgehead atoms. The molecule has 0 unspecified atom stereocenters. The second-order valence-corrected chi connectivity index (χ2v) is 6.45. The standard InChI is InChI=1S/C13H23N3OS/c1-4-18-12-8-6-5-7-11(12)14-9(2)13-16-15-10(3)17-13/h9,11-12,14H,4-8H2,1-3H3/t9-,11+,12-/m1/s1. The molecule has 1 aliphatic carbocycles. The van der Waals surface area contributed by atoms with Crippen molar-refractivity contribution in [1.82, 2.24) is 15.5 Å². The van der Waals surface area contributed by atoms with Gasteiger partial charge in [-0.2, -0.15) is 11.8 Å². The molecule has 1 fully saturated rings. The fourth-order valence-corrected chi connectivity index (χ4v) is 3.79. The first-order valence-corrected chi connectivity index (χ1v) is 7.93. The predicted molar refractivity (Wildman–Crippen MR) is 74.8 cm³/mol. The molecule has 1 saturated carbocycles. The summed E-state index contributed by atoms with van der Waals surface area (Å²) in [5, 5.41) is 12.4. The molecular formula is C13H23N3OS. The van der Waals surface area contributed by atoms with Crippen molar-refractivity contribution in [3.8, 4) is 0 Å². The van der Waals surface area contributed by atoms with Crippen molar-refractivity contribution < 1.29 is 4.42 Å². The highest BCUT2D eigenvalue weighted by molar-refractivity contribution is 7.99. The lowest BCUT2D eigenvalue weighted by molar-refractivity contribution is 0.321. The van der Waals surface area contributed by atoms with E-state index in [1.807, 2.05) is 6.92 Å². The minimum absolute atomic E-state index is 0.147. The van der Waals surface area contributed by atoms with Gasteiger partial charge in [-0.15, -0.1) is 10.2 Å². The summed E-state index contributed by atoms with van der Waals surface area (Å²) in [7, 11) is 0. The fraction of sp³-hybridized carbons (Fsp3) is 0.846. The van der Waals surface area contributed by atoms with Crippen molar-refractivity contribution in [3.05, 3.63) is 11.8 Å². The minimum atomic E-state index is 0.147. The monoisotopic (exact) mass is 269 g/mol. The SMILES string of the molecule is CCS[C@@H]1CCCC[C@@H]1N[C@H](C)c1nnc(C)o1. The lowest BCUT2D eigenvalue weighted by Crippen LogP contribution is -2.41. The summed E-state index contributed by atoms with van der Waals surface area (Å²) in [6, 6.07) is 0.722. The molecule has 5 heteroatoms. The Morgan fingerprint density at radius 2 is 2.17 bits per heavy atom. The Morgan fingerprint density at radius 3 is 2.83 bits per heavy atom. The number of thioether (sulfide) groups is 1. The van der Waals surface area contributed by atoms with Gasteiger partial charge < -0.3 is 9.73 Å². The van der Waals surface area contributed by atoms with Crippen LogP contribution in [-0.4, -0.2) is 27.2 Å². The van der Waals surface area contributed by atoms with Gasteiger partial charge in [0.25, 0.3) is 0 Å². The molecule has 2 rings (SSSR count). The third-order valence-corrected chi connectivity index (χ3v) is 4.79. The van der Waals surface area contributed by atoms with Crippen LogP contribution in [0.15, 0.2) is 4.42 Å². The van der Waals surface area contributed by atoms with E-state index in [-0.39, 0.29) is 6.04 Å². The average molecular weight is 269 g/mol. The van der Waals surface area contributed by atoms with E-state index >= 15 is 0 Å². The molecule has 1 aromatic rings. The topological polar surface area (TPSA) is 51.0 Å². The Balaban J connectivity index is 1.93. The summed E-state index contributed by atoms with van der Waals surface area (Å²) in [5.41, 5.74) is 0. The Hall–Kier alpha value is -0.550. The molecule has 1 aromatic heterocycles. The van der Waals surface area contributed by atoms with Crippen molar-refractivity contribution in [1.29, 1.82) is 0 Å². The van der Waals surface area contributed by atoms with Crippen LogP contribution >= 0.6 is 11.8 Å². The van der Waals surface area contributed by atoms with E-state index < -0.39 is 0 Å². The molecule has 1 heterocycles. The Labute approximate surface area is 113 Å². The number of hydrogen-bond acceptors (Lipinski definition) is 5. The lowest BCUT2D eigenvalue weighted by Gasteiger charge is -2.33. The van der Waals surface area contributed by atoms with E-state index in [9.17, 15) is 0 Å². The number of aromatic nitrogens is 2. The highest BCUT2D eigenvalue weighted by Gasteiger charge is 2.27. The second-order valence-electron chi connectivity index (χ2n) is 4.93. The molecule has 0 radical (unpaired) electrons. The molecule has 1 aliphatic rings. The van der Waals surface area contributed by atoms with Crippen LogP contribution in [0.25, 0.3) is 0 Å². The van der Waals surface area contributed by atoms with Gasteiger partial charge in [-0.3, -0.25) is 0 Å². The summed E-state index contributed by atoms with van der Waals surface area (Å²) in [5.74, 6) is 2.54. The molecule has 0 saturated heterocycles. The molecule has 3 atom stereocenters. The molecule has 0 aliphatic heterocycles. The molecule has 1 N–H and O–H groups in total. The normalized spacial score (nSPS) is 26.2. The fourth-order valence-electron chi connectivity index (χ4n) is 2.58. The van der Waals surface area contributed by atoms with Crippen LogP contribution in [0.2, 0.25) is 0 Å². The van der Waals surface area contributed by atoms with Crippen molar-refractivity contribution in [2.24, 2.45) is 0 Å². The van der Waals surface area contributed by atoms with Gasteiger partial charge in [0, 0.05) is 18.2 Å². The van der Waals surface area contributed by atoms with Gasteiger partial charge in [0.05, 0.1) is 6.04 Å². The highest BCUT2D eigenvalue weighted by Crippen LogP contribution is 2.30. The first-order chi connectivity index (χ1) is 8.70. The van der Waals surface area contributed by atoms with Gasteiger partial charge >= 0.3 is 0 Å². The summed E-state index contributed by atoms with van der Waals surface area (Å²) in [6.45, 7) is 6.18. The third-order valence-electron chi connectivity index (χ3n) is 3.46. The van der Waals surface area contributed by atoms with E-state index in [0.29, 0.717) is 17.8 Å². The van der Waals surface area contributed by atoms with Crippen molar-refractivity contribution >= 4 is 11.8 Å². The zero-order valence-corrected chi connectivity index (χ0v) is 12.3. The van der Waals surface area contributed by atoms with Crippen LogP contribution in [0, 0.1) is 6.92 Å². The predicted octanol–water partition coefficient (Wildman–Crippen LogP) is 3.09. The minimum Gasteiger partial charge on any atom is -0.424 e. The van der Waals surface area contributed by atoms with Crippen LogP contribution in [0.3, 0.4) is 0 Å². The molecule has 0 spiro atoms. The molecule has 18 heavy (non-hydrogen) atoms. The largest absolute Gasteiger partial charge is 0.424 e. The van der Waals surface area contributed by atoms with E-state index in [4.69, 9.17) is 4.42 Å². The third kappa shape index (κ3) is 3.48. The smallest absolute Gasteiger partial charge is 0.233 e. The maximum atomic E-state index is 5.49. The van der Waals surface area contributed by atoms with E-state index in [1.54, 1.807) is 0 Å². The summed E-state index contributed by atoms with van der Waals surface area (Å²) in [4.78, 5) is 0. The summed E-state index contributed by atoms with van der Waals surface area (Å²) in [6.07, 6.45) is 5.28. The van der Waals surface area contributed by atoms with Crippen molar-refractivity contribution in [2.75, 3.05) is 5.75 Å². The van der Waals surface area contributed by atoms with E-state index in [2.05, 4.69) is 41.1 Å². The number of nitrogens with one attached hydrogen (secondary N) is 1. The molecule has 102 valence electrons. The lowest BCUT2D eigenvalue weighted by atomic mass is 9.94. The van der Waals surface area contributed by atoms with Crippen molar-refractivity contribution in [2.45, 2.75) is 63.8 Å². The van der Waals surface area contributed by atoms with Gasteiger partial charge in [-0.05, 0) is 25.5 Å². The Kier molecular flexibility index (Phi) is 5.06. The maximum absolute atomic E-state index is 5.49. The van der Waals surface area contributed by atoms with Gasteiger partial charge in [0.2, 0.25) is 11.8 Å². The summed E-state index contributed by atoms with van der Waals surface area (Å²) < 4.78 is 5.49. The molecule has 0 amide bonds. The van der Waals surface area contributed by atoms with E-state index in [1.165, 1.54) is 31.4 Å². The molecule has 4 nitrogen and oxygen atoms in total.